The van der Waals surface area contributed by atoms with Crippen molar-refractivity contribution in [3.8, 4) is 0 Å². The molecule has 2 rings (SSSR count). The molecule has 0 bridgehead atoms. The van der Waals surface area contributed by atoms with E-state index in [9.17, 15) is 0 Å². The molecule has 1 aromatic heterocycles. The molecule has 1 aliphatic carbocycles. The molecule has 0 unspecified atom stereocenters. The zero-order valence-electron chi connectivity index (χ0n) is 9.96. The number of rotatable bonds is 3. The number of likely N-dealkylation sites (N-methyl/N-ethyl adjacent to an activating group) is 1. The van der Waals surface area contributed by atoms with Crippen molar-refractivity contribution in [3.05, 3.63) is 22.2 Å². The van der Waals surface area contributed by atoms with Gasteiger partial charge in [-0.2, -0.15) is 0 Å². The van der Waals surface area contributed by atoms with E-state index in [-0.39, 0.29) is 0 Å². The van der Waals surface area contributed by atoms with Crippen molar-refractivity contribution in [2.45, 2.75) is 32.1 Å². The molecular formula is C12H18ClN3. The van der Waals surface area contributed by atoms with E-state index >= 15 is 0 Å². The van der Waals surface area contributed by atoms with Gasteiger partial charge in [0.05, 0.1) is 0 Å². The van der Waals surface area contributed by atoms with Crippen LogP contribution in [-0.4, -0.2) is 35.5 Å². The third-order valence-electron chi connectivity index (χ3n) is 2.96. The number of halogens is 1. The molecule has 4 heteroatoms. The van der Waals surface area contributed by atoms with Gasteiger partial charge in [0.15, 0.2) is 0 Å². The summed E-state index contributed by atoms with van der Waals surface area (Å²) in [6.07, 6.45) is 5.43. The zero-order valence-corrected chi connectivity index (χ0v) is 10.7. The molecule has 0 atom stereocenters. The van der Waals surface area contributed by atoms with Crippen LogP contribution in [-0.2, 0) is 19.3 Å². The van der Waals surface area contributed by atoms with E-state index in [0.717, 1.165) is 31.6 Å². The fourth-order valence-corrected chi connectivity index (χ4v) is 2.33. The number of nitrogens with zero attached hydrogens (tertiary/aromatic N) is 3. The Hall–Kier alpha value is -0.670. The maximum absolute atomic E-state index is 6.20. The summed E-state index contributed by atoms with van der Waals surface area (Å²) in [6, 6.07) is 0. The van der Waals surface area contributed by atoms with E-state index in [1.807, 2.05) is 0 Å². The van der Waals surface area contributed by atoms with Crippen molar-refractivity contribution < 1.29 is 0 Å². The molecule has 0 aliphatic heterocycles. The van der Waals surface area contributed by atoms with Crippen LogP contribution in [0, 0.1) is 0 Å². The predicted octanol–water partition coefficient (Wildman–Crippen LogP) is 2.11. The van der Waals surface area contributed by atoms with Crippen molar-refractivity contribution in [2.24, 2.45) is 0 Å². The molecule has 0 radical (unpaired) electrons. The first-order valence-electron chi connectivity index (χ1n) is 5.85. The van der Waals surface area contributed by atoms with Crippen LogP contribution in [0.15, 0.2) is 0 Å². The van der Waals surface area contributed by atoms with Crippen LogP contribution in [0.1, 0.15) is 29.9 Å². The zero-order chi connectivity index (χ0) is 11.5. The van der Waals surface area contributed by atoms with Crippen LogP contribution < -0.4 is 0 Å². The Morgan fingerprint density at radius 2 is 1.94 bits per heavy atom. The maximum atomic E-state index is 6.20. The third-order valence-corrected chi connectivity index (χ3v) is 3.27. The number of aryl methyl sites for hydroxylation is 1. The highest BCUT2D eigenvalue weighted by atomic mass is 35.5. The van der Waals surface area contributed by atoms with Gasteiger partial charge in [-0.3, -0.25) is 0 Å². The minimum absolute atomic E-state index is 0.679. The van der Waals surface area contributed by atoms with Crippen LogP contribution in [0.5, 0.6) is 0 Å². The van der Waals surface area contributed by atoms with Gasteiger partial charge in [0.2, 0.25) is 0 Å². The molecular weight excluding hydrogens is 222 g/mol. The number of hydrogen-bond donors (Lipinski definition) is 0. The molecule has 1 aromatic rings. The summed E-state index contributed by atoms with van der Waals surface area (Å²) < 4.78 is 0. The van der Waals surface area contributed by atoms with E-state index in [1.54, 1.807) is 0 Å². The number of hydrogen-bond acceptors (Lipinski definition) is 3. The van der Waals surface area contributed by atoms with Gasteiger partial charge in [-0.05, 0) is 39.8 Å². The van der Waals surface area contributed by atoms with Gasteiger partial charge >= 0.3 is 0 Å². The van der Waals surface area contributed by atoms with E-state index in [4.69, 9.17) is 11.6 Å². The minimum Gasteiger partial charge on any atom is -0.309 e. The lowest BCUT2D eigenvalue weighted by molar-refractivity contribution is 0.409. The van der Waals surface area contributed by atoms with Crippen LogP contribution in [0.4, 0.5) is 0 Å². The second kappa shape index (κ2) is 5.11. The molecule has 3 nitrogen and oxygen atoms in total. The highest BCUT2D eigenvalue weighted by molar-refractivity contribution is 6.30. The smallest absolute Gasteiger partial charge is 0.136 e. The molecule has 0 aromatic carbocycles. The van der Waals surface area contributed by atoms with Gasteiger partial charge in [0.1, 0.15) is 11.0 Å². The number of fused-ring (bicyclic) bond motifs is 1. The Bertz CT molecular complexity index is 377. The highest BCUT2D eigenvalue weighted by Crippen LogP contribution is 2.25. The van der Waals surface area contributed by atoms with Crippen LogP contribution in [0.3, 0.4) is 0 Å². The molecule has 88 valence electrons. The molecule has 0 N–H and O–H groups in total. The minimum atomic E-state index is 0.679. The summed E-state index contributed by atoms with van der Waals surface area (Å²) in [7, 11) is 4.11. The molecule has 0 amide bonds. The fourth-order valence-electron chi connectivity index (χ4n) is 2.03. The van der Waals surface area contributed by atoms with Gasteiger partial charge in [-0.1, -0.05) is 11.6 Å². The second-order valence-electron chi connectivity index (χ2n) is 4.62. The van der Waals surface area contributed by atoms with E-state index in [1.165, 1.54) is 24.1 Å². The first-order chi connectivity index (χ1) is 7.66. The van der Waals surface area contributed by atoms with Crippen LogP contribution in [0.2, 0.25) is 5.15 Å². The SMILES string of the molecule is CN(C)CCc1nc(Cl)c2c(n1)CCCC2. The predicted molar refractivity (Wildman–Crippen MR) is 65.9 cm³/mol. The van der Waals surface area contributed by atoms with Gasteiger partial charge in [0, 0.05) is 24.2 Å². The molecule has 1 aliphatic rings. The lowest BCUT2D eigenvalue weighted by Crippen LogP contribution is -2.18. The Kier molecular flexibility index (Phi) is 3.77. The fraction of sp³-hybridized carbons (Fsp3) is 0.667. The monoisotopic (exact) mass is 239 g/mol. The molecule has 16 heavy (non-hydrogen) atoms. The van der Waals surface area contributed by atoms with Gasteiger partial charge < -0.3 is 4.90 Å². The number of aromatic nitrogens is 2. The van der Waals surface area contributed by atoms with E-state index < -0.39 is 0 Å². The Balaban J connectivity index is 2.18. The average Bonchev–Trinajstić information content (AvgIpc) is 2.26. The van der Waals surface area contributed by atoms with E-state index in [0.29, 0.717) is 5.15 Å². The van der Waals surface area contributed by atoms with Crippen molar-refractivity contribution in [2.75, 3.05) is 20.6 Å². The highest BCUT2D eigenvalue weighted by Gasteiger charge is 2.16. The molecule has 0 fully saturated rings. The molecule has 0 saturated heterocycles. The summed E-state index contributed by atoms with van der Waals surface area (Å²) in [6.45, 7) is 0.967. The van der Waals surface area contributed by atoms with Crippen molar-refractivity contribution in [3.63, 3.8) is 0 Å². The summed E-state index contributed by atoms with van der Waals surface area (Å²) in [5.41, 5.74) is 2.36. The topological polar surface area (TPSA) is 29.0 Å². The molecule has 1 heterocycles. The van der Waals surface area contributed by atoms with Gasteiger partial charge in [-0.15, -0.1) is 0 Å². The quantitative estimate of drug-likeness (QED) is 0.757. The summed E-state index contributed by atoms with van der Waals surface area (Å²) in [4.78, 5) is 11.1. The van der Waals surface area contributed by atoms with E-state index in [2.05, 4.69) is 29.0 Å². The standard InChI is InChI=1S/C12H18ClN3/c1-16(2)8-7-11-14-10-6-4-3-5-9(10)12(13)15-11/h3-8H2,1-2H3. The summed E-state index contributed by atoms with van der Waals surface area (Å²) in [5.74, 6) is 0.888. The first kappa shape index (κ1) is 11.8. The lowest BCUT2D eigenvalue weighted by atomic mass is 9.97. The molecule has 0 saturated carbocycles. The maximum Gasteiger partial charge on any atom is 0.136 e. The van der Waals surface area contributed by atoms with Gasteiger partial charge in [-0.25, -0.2) is 9.97 Å². The van der Waals surface area contributed by atoms with Crippen molar-refractivity contribution >= 4 is 11.6 Å². The Morgan fingerprint density at radius 1 is 1.19 bits per heavy atom. The van der Waals surface area contributed by atoms with Crippen LogP contribution in [0.25, 0.3) is 0 Å². The Labute approximate surface area is 102 Å². The van der Waals surface area contributed by atoms with Crippen molar-refractivity contribution in [1.29, 1.82) is 0 Å². The normalized spacial score (nSPS) is 15.2. The van der Waals surface area contributed by atoms with Gasteiger partial charge in [0.25, 0.3) is 0 Å². The largest absolute Gasteiger partial charge is 0.309 e. The summed E-state index contributed by atoms with van der Waals surface area (Å²) >= 11 is 6.20. The van der Waals surface area contributed by atoms with Crippen molar-refractivity contribution in [1.82, 2.24) is 14.9 Å². The lowest BCUT2D eigenvalue weighted by Gasteiger charge is -2.17. The first-order valence-corrected chi connectivity index (χ1v) is 6.23. The Morgan fingerprint density at radius 3 is 2.69 bits per heavy atom. The second-order valence-corrected chi connectivity index (χ2v) is 4.97. The summed E-state index contributed by atoms with van der Waals surface area (Å²) in [5, 5.41) is 0.679. The van der Waals surface area contributed by atoms with Crippen LogP contribution >= 0.6 is 11.6 Å². The molecule has 0 spiro atoms. The third kappa shape index (κ3) is 2.71. The average molecular weight is 240 g/mol.